The van der Waals surface area contributed by atoms with Crippen molar-refractivity contribution in [3.63, 3.8) is 0 Å². The minimum atomic E-state index is -0.467. The molecule has 1 aromatic carbocycles. The van der Waals surface area contributed by atoms with Crippen molar-refractivity contribution in [3.05, 3.63) is 33.0 Å². The van der Waals surface area contributed by atoms with Crippen molar-refractivity contribution in [3.8, 4) is 0 Å². The van der Waals surface area contributed by atoms with Crippen LogP contribution in [0.15, 0.2) is 16.6 Å². The maximum atomic E-state index is 13.4. The van der Waals surface area contributed by atoms with Crippen molar-refractivity contribution in [2.45, 2.75) is 19.9 Å². The molecular weight excluding hydrogens is 347 g/mol. The van der Waals surface area contributed by atoms with Gasteiger partial charge < -0.3 is 4.90 Å². The summed E-state index contributed by atoms with van der Waals surface area (Å²) in [4.78, 5) is 16.5. The Kier molecular flexibility index (Phi) is 5.04. The third-order valence-electron chi connectivity index (χ3n) is 3.56. The number of hydrogen-bond acceptors (Lipinski definition) is 2. The number of amides is 1. The second kappa shape index (κ2) is 6.41. The van der Waals surface area contributed by atoms with Crippen molar-refractivity contribution in [1.82, 2.24) is 9.80 Å². The highest BCUT2D eigenvalue weighted by molar-refractivity contribution is 9.10. The van der Waals surface area contributed by atoms with Crippen molar-refractivity contribution in [1.29, 1.82) is 0 Å². The second-order valence-electron chi connectivity index (χ2n) is 5.17. The minimum absolute atomic E-state index is 0.210. The van der Waals surface area contributed by atoms with Crippen LogP contribution in [0.1, 0.15) is 24.2 Å². The molecule has 1 amide bonds. The van der Waals surface area contributed by atoms with E-state index in [0.29, 0.717) is 23.6 Å². The summed E-state index contributed by atoms with van der Waals surface area (Å²) in [5, 5.41) is 0.266. The van der Waals surface area contributed by atoms with E-state index < -0.39 is 5.82 Å². The Morgan fingerprint density at radius 2 is 1.90 bits per heavy atom. The average Bonchev–Trinajstić information content (AvgIpc) is 2.42. The SMILES string of the molecule is CC(C)N1CCN(C(=O)c2cc(F)cc(Br)c2Cl)CC1. The number of piperazine rings is 1. The Balaban J connectivity index is 2.13. The van der Waals surface area contributed by atoms with Gasteiger partial charge >= 0.3 is 0 Å². The molecular formula is C14H17BrClFN2O. The molecule has 6 heteroatoms. The van der Waals surface area contributed by atoms with Crippen LogP contribution < -0.4 is 0 Å². The molecule has 0 spiro atoms. The summed E-state index contributed by atoms with van der Waals surface area (Å²) in [5.74, 6) is -0.677. The zero-order chi connectivity index (χ0) is 14.9. The lowest BCUT2D eigenvalue weighted by molar-refractivity contribution is 0.0595. The number of carbonyl (C=O) groups is 1. The molecule has 1 aliphatic heterocycles. The number of halogens is 3. The average molecular weight is 364 g/mol. The monoisotopic (exact) mass is 362 g/mol. The lowest BCUT2D eigenvalue weighted by Gasteiger charge is -2.37. The molecule has 1 aromatic rings. The van der Waals surface area contributed by atoms with Crippen molar-refractivity contribution in [2.24, 2.45) is 0 Å². The third kappa shape index (κ3) is 3.32. The molecule has 3 nitrogen and oxygen atoms in total. The van der Waals surface area contributed by atoms with Gasteiger partial charge in [-0.15, -0.1) is 0 Å². The van der Waals surface area contributed by atoms with Crippen molar-refractivity contribution in [2.75, 3.05) is 26.2 Å². The molecule has 0 aliphatic carbocycles. The summed E-state index contributed by atoms with van der Waals surface area (Å²) in [6.45, 7) is 7.22. The first kappa shape index (κ1) is 15.7. The zero-order valence-corrected chi connectivity index (χ0v) is 13.8. The number of carbonyl (C=O) groups excluding carboxylic acids is 1. The maximum Gasteiger partial charge on any atom is 0.255 e. The van der Waals surface area contributed by atoms with Crippen molar-refractivity contribution < 1.29 is 9.18 Å². The molecule has 0 N–H and O–H groups in total. The molecule has 0 atom stereocenters. The molecule has 1 aliphatic rings. The Labute approximate surface area is 131 Å². The quantitative estimate of drug-likeness (QED) is 0.752. The van der Waals surface area contributed by atoms with E-state index in [-0.39, 0.29) is 16.5 Å². The second-order valence-corrected chi connectivity index (χ2v) is 6.40. The van der Waals surface area contributed by atoms with E-state index >= 15 is 0 Å². The number of rotatable bonds is 2. The summed E-state index contributed by atoms with van der Waals surface area (Å²) in [6, 6.07) is 2.93. The molecule has 0 unspecified atom stereocenters. The molecule has 1 saturated heterocycles. The smallest absolute Gasteiger partial charge is 0.255 e. The van der Waals surface area contributed by atoms with Crippen LogP contribution in [-0.4, -0.2) is 47.9 Å². The van der Waals surface area contributed by atoms with Gasteiger partial charge in [-0.25, -0.2) is 4.39 Å². The van der Waals surface area contributed by atoms with Gasteiger partial charge in [-0.3, -0.25) is 9.69 Å². The summed E-state index contributed by atoms with van der Waals surface area (Å²) in [7, 11) is 0. The summed E-state index contributed by atoms with van der Waals surface area (Å²) in [6.07, 6.45) is 0. The van der Waals surface area contributed by atoms with Gasteiger partial charge in [0.15, 0.2) is 0 Å². The minimum Gasteiger partial charge on any atom is -0.336 e. The molecule has 1 heterocycles. The van der Waals surface area contributed by atoms with Gasteiger partial charge in [0, 0.05) is 36.7 Å². The highest BCUT2D eigenvalue weighted by atomic mass is 79.9. The summed E-state index contributed by atoms with van der Waals surface area (Å²) in [5.41, 5.74) is 0.219. The lowest BCUT2D eigenvalue weighted by atomic mass is 10.1. The highest BCUT2D eigenvalue weighted by Crippen LogP contribution is 2.28. The number of benzene rings is 1. The van der Waals surface area contributed by atoms with Gasteiger partial charge in [-0.1, -0.05) is 11.6 Å². The van der Waals surface area contributed by atoms with Crippen LogP contribution in [0.4, 0.5) is 4.39 Å². The van der Waals surface area contributed by atoms with Gasteiger partial charge in [0.2, 0.25) is 0 Å². The first-order valence-electron chi connectivity index (χ1n) is 6.58. The maximum absolute atomic E-state index is 13.4. The fraction of sp³-hybridized carbons (Fsp3) is 0.500. The standard InChI is InChI=1S/C14H17BrClFN2O/c1-9(2)18-3-5-19(6-4-18)14(20)11-7-10(17)8-12(15)13(11)16/h7-9H,3-6H2,1-2H3. The number of hydrogen-bond donors (Lipinski definition) is 0. The number of nitrogens with zero attached hydrogens (tertiary/aromatic N) is 2. The largest absolute Gasteiger partial charge is 0.336 e. The fourth-order valence-corrected chi connectivity index (χ4v) is 2.95. The first-order valence-corrected chi connectivity index (χ1v) is 7.75. The van der Waals surface area contributed by atoms with Crippen LogP contribution in [0.2, 0.25) is 5.02 Å². The molecule has 0 saturated carbocycles. The van der Waals surface area contributed by atoms with Gasteiger partial charge in [-0.05, 0) is 41.9 Å². The van der Waals surface area contributed by atoms with E-state index in [1.807, 2.05) is 0 Å². The zero-order valence-electron chi connectivity index (χ0n) is 11.5. The Morgan fingerprint density at radius 3 is 2.45 bits per heavy atom. The Bertz CT molecular complexity index is 516. The highest BCUT2D eigenvalue weighted by Gasteiger charge is 2.25. The van der Waals surface area contributed by atoms with E-state index in [2.05, 4.69) is 34.7 Å². The van der Waals surface area contributed by atoms with Crippen molar-refractivity contribution >= 4 is 33.4 Å². The van der Waals surface area contributed by atoms with Gasteiger partial charge in [0.1, 0.15) is 5.82 Å². The van der Waals surface area contributed by atoms with Crippen LogP contribution in [0, 0.1) is 5.82 Å². The molecule has 20 heavy (non-hydrogen) atoms. The predicted molar refractivity (Wildman–Crippen MR) is 81.7 cm³/mol. The normalized spacial score (nSPS) is 16.8. The molecule has 0 aromatic heterocycles. The Hall–Kier alpha value is -0.650. The van der Waals surface area contributed by atoms with E-state index in [0.717, 1.165) is 13.1 Å². The molecule has 0 radical (unpaired) electrons. The molecule has 110 valence electrons. The van der Waals surface area contributed by atoms with Crippen LogP contribution in [0.3, 0.4) is 0 Å². The molecule has 1 fully saturated rings. The van der Waals surface area contributed by atoms with Crippen LogP contribution in [0.25, 0.3) is 0 Å². The van der Waals surface area contributed by atoms with Crippen LogP contribution >= 0.6 is 27.5 Å². The lowest BCUT2D eigenvalue weighted by Crippen LogP contribution is -2.50. The van der Waals surface area contributed by atoms with E-state index in [9.17, 15) is 9.18 Å². The van der Waals surface area contributed by atoms with E-state index in [1.165, 1.54) is 12.1 Å². The molecule has 2 rings (SSSR count). The van der Waals surface area contributed by atoms with Gasteiger partial charge in [0.25, 0.3) is 5.91 Å². The topological polar surface area (TPSA) is 23.6 Å². The van der Waals surface area contributed by atoms with Gasteiger partial charge in [-0.2, -0.15) is 0 Å². The third-order valence-corrected chi connectivity index (χ3v) is 4.82. The summed E-state index contributed by atoms with van der Waals surface area (Å²) >= 11 is 9.25. The predicted octanol–water partition coefficient (Wildman–Crippen LogP) is 3.41. The Morgan fingerprint density at radius 1 is 1.30 bits per heavy atom. The molecule has 0 bridgehead atoms. The first-order chi connectivity index (χ1) is 9.40. The van der Waals surface area contributed by atoms with E-state index in [1.54, 1.807) is 4.90 Å². The summed E-state index contributed by atoms with van der Waals surface area (Å²) < 4.78 is 13.8. The van der Waals surface area contributed by atoms with Gasteiger partial charge in [0.05, 0.1) is 10.6 Å². The fourth-order valence-electron chi connectivity index (χ4n) is 2.32. The van der Waals surface area contributed by atoms with Crippen LogP contribution in [-0.2, 0) is 0 Å². The van der Waals surface area contributed by atoms with E-state index in [4.69, 9.17) is 11.6 Å². The van der Waals surface area contributed by atoms with Crippen LogP contribution in [0.5, 0.6) is 0 Å².